The number of hydrogen-bond donors (Lipinski definition) is 2. The van der Waals surface area contributed by atoms with Crippen LogP contribution in [0.4, 0.5) is 0 Å². The van der Waals surface area contributed by atoms with Gasteiger partial charge >= 0.3 is 5.97 Å². The SMILES string of the molecule is CC(C)(C)C(N)C(=O)c1ccc(OC(=O)C2CCCCCC2)c(O)c1. The Morgan fingerprint density at radius 1 is 1.16 bits per heavy atom. The zero-order valence-corrected chi connectivity index (χ0v) is 15.4. The topological polar surface area (TPSA) is 89.6 Å². The maximum atomic E-state index is 12.4. The molecule has 1 aromatic rings. The molecule has 5 heteroatoms. The van der Waals surface area contributed by atoms with Gasteiger partial charge in [0.15, 0.2) is 17.3 Å². The molecule has 5 nitrogen and oxygen atoms in total. The molecule has 3 N–H and O–H groups in total. The minimum atomic E-state index is -0.675. The second-order valence-electron chi connectivity index (χ2n) is 8.00. The highest BCUT2D eigenvalue weighted by atomic mass is 16.5. The molecule has 0 heterocycles. The van der Waals surface area contributed by atoms with E-state index in [4.69, 9.17) is 10.5 Å². The number of benzene rings is 1. The van der Waals surface area contributed by atoms with Crippen molar-refractivity contribution in [2.75, 3.05) is 0 Å². The number of aromatic hydroxyl groups is 1. The van der Waals surface area contributed by atoms with Crippen molar-refractivity contribution >= 4 is 11.8 Å². The number of carbonyl (C=O) groups excluding carboxylic acids is 2. The first-order valence-corrected chi connectivity index (χ1v) is 9.04. The van der Waals surface area contributed by atoms with E-state index in [2.05, 4.69) is 0 Å². The first-order valence-electron chi connectivity index (χ1n) is 9.04. The Balaban J connectivity index is 2.08. The van der Waals surface area contributed by atoms with E-state index in [1.807, 2.05) is 20.8 Å². The van der Waals surface area contributed by atoms with Gasteiger partial charge < -0.3 is 15.6 Å². The van der Waals surface area contributed by atoms with Gasteiger partial charge in [-0.1, -0.05) is 46.5 Å². The van der Waals surface area contributed by atoms with Crippen LogP contribution in [0.5, 0.6) is 11.5 Å². The van der Waals surface area contributed by atoms with Crippen molar-refractivity contribution in [2.45, 2.75) is 65.3 Å². The fourth-order valence-corrected chi connectivity index (χ4v) is 3.04. The Morgan fingerprint density at radius 3 is 2.28 bits per heavy atom. The summed E-state index contributed by atoms with van der Waals surface area (Å²) in [5, 5.41) is 10.2. The Morgan fingerprint density at radius 2 is 1.76 bits per heavy atom. The van der Waals surface area contributed by atoms with Crippen molar-refractivity contribution in [3.05, 3.63) is 23.8 Å². The van der Waals surface area contributed by atoms with Gasteiger partial charge in [-0.3, -0.25) is 9.59 Å². The lowest BCUT2D eigenvalue weighted by Crippen LogP contribution is -2.42. The van der Waals surface area contributed by atoms with E-state index in [1.54, 1.807) is 6.07 Å². The summed E-state index contributed by atoms with van der Waals surface area (Å²) in [5.74, 6) is -0.784. The van der Waals surface area contributed by atoms with Crippen LogP contribution in [0.2, 0.25) is 0 Å². The van der Waals surface area contributed by atoms with E-state index in [-0.39, 0.29) is 34.6 Å². The van der Waals surface area contributed by atoms with Crippen molar-refractivity contribution in [1.29, 1.82) is 0 Å². The summed E-state index contributed by atoms with van der Waals surface area (Å²) in [4.78, 5) is 24.7. The van der Waals surface area contributed by atoms with E-state index in [9.17, 15) is 14.7 Å². The van der Waals surface area contributed by atoms with E-state index >= 15 is 0 Å². The summed E-state index contributed by atoms with van der Waals surface area (Å²) in [6.07, 6.45) is 6.03. The molecule has 25 heavy (non-hydrogen) atoms. The van der Waals surface area contributed by atoms with Gasteiger partial charge in [-0.15, -0.1) is 0 Å². The van der Waals surface area contributed by atoms with Crippen molar-refractivity contribution in [3.63, 3.8) is 0 Å². The van der Waals surface area contributed by atoms with E-state index in [0.717, 1.165) is 38.5 Å². The molecule has 0 aliphatic heterocycles. The van der Waals surface area contributed by atoms with Gasteiger partial charge in [0.05, 0.1) is 12.0 Å². The minimum Gasteiger partial charge on any atom is -0.504 e. The number of esters is 1. The number of ether oxygens (including phenoxy) is 1. The van der Waals surface area contributed by atoms with Gasteiger partial charge in [0.2, 0.25) is 0 Å². The largest absolute Gasteiger partial charge is 0.504 e. The maximum Gasteiger partial charge on any atom is 0.314 e. The lowest BCUT2D eigenvalue weighted by atomic mass is 9.83. The molecule has 0 saturated heterocycles. The standard InChI is InChI=1S/C20H29NO4/c1-20(2,3)18(21)17(23)14-10-11-16(15(22)12-14)25-19(24)13-8-6-4-5-7-9-13/h10-13,18,22H,4-9,21H2,1-3H3. The summed E-state index contributed by atoms with van der Waals surface area (Å²) in [6, 6.07) is 3.66. The Hall–Kier alpha value is -1.88. The average molecular weight is 347 g/mol. The number of Topliss-reactive ketones (excluding diaryl/α,β-unsaturated/α-hetero) is 1. The quantitative estimate of drug-likeness (QED) is 0.374. The van der Waals surface area contributed by atoms with Gasteiger partial charge in [-0.25, -0.2) is 0 Å². The number of phenolic OH excluding ortho intramolecular Hbond substituents is 1. The molecule has 138 valence electrons. The summed E-state index contributed by atoms with van der Waals surface area (Å²) >= 11 is 0. The number of phenols is 1. The number of hydrogen-bond acceptors (Lipinski definition) is 5. The van der Waals surface area contributed by atoms with Gasteiger partial charge in [0.25, 0.3) is 0 Å². The van der Waals surface area contributed by atoms with Gasteiger partial charge in [-0.05, 0) is 36.5 Å². The Kier molecular flexibility index (Phi) is 6.22. The highest BCUT2D eigenvalue weighted by molar-refractivity contribution is 6.01. The molecule has 1 fully saturated rings. The lowest BCUT2D eigenvalue weighted by Gasteiger charge is -2.25. The fraction of sp³-hybridized carbons (Fsp3) is 0.600. The van der Waals surface area contributed by atoms with Crippen LogP contribution in [0.3, 0.4) is 0 Å². The normalized spacial score (nSPS) is 17.6. The van der Waals surface area contributed by atoms with Crippen molar-refractivity contribution in [1.82, 2.24) is 0 Å². The Labute approximate surface area is 149 Å². The summed E-state index contributed by atoms with van der Waals surface area (Å²) in [7, 11) is 0. The van der Waals surface area contributed by atoms with E-state index < -0.39 is 6.04 Å². The van der Waals surface area contributed by atoms with E-state index in [1.165, 1.54) is 12.1 Å². The van der Waals surface area contributed by atoms with Crippen LogP contribution in [0.15, 0.2) is 18.2 Å². The van der Waals surface area contributed by atoms with Crippen LogP contribution in [0, 0.1) is 11.3 Å². The number of ketones is 1. The molecule has 0 spiro atoms. The monoisotopic (exact) mass is 347 g/mol. The summed E-state index contributed by atoms with van der Waals surface area (Å²) in [6.45, 7) is 5.66. The van der Waals surface area contributed by atoms with Gasteiger partial charge in [0, 0.05) is 5.56 Å². The second kappa shape index (κ2) is 8.00. The van der Waals surface area contributed by atoms with Crippen molar-refractivity contribution in [3.8, 4) is 11.5 Å². The third-order valence-electron chi connectivity index (χ3n) is 4.86. The predicted molar refractivity (Wildman–Crippen MR) is 96.7 cm³/mol. The highest BCUT2D eigenvalue weighted by Crippen LogP contribution is 2.31. The molecule has 1 aliphatic rings. The summed E-state index contributed by atoms with van der Waals surface area (Å²) < 4.78 is 5.37. The molecule has 1 atom stereocenters. The number of carbonyl (C=O) groups is 2. The fourth-order valence-electron chi connectivity index (χ4n) is 3.04. The number of nitrogens with two attached hydrogens (primary N) is 1. The molecule has 2 rings (SSSR count). The molecular weight excluding hydrogens is 318 g/mol. The minimum absolute atomic E-state index is 0.0927. The second-order valence-corrected chi connectivity index (χ2v) is 8.00. The van der Waals surface area contributed by atoms with Crippen LogP contribution in [0.25, 0.3) is 0 Å². The average Bonchev–Trinajstić information content (AvgIpc) is 2.83. The zero-order valence-electron chi connectivity index (χ0n) is 15.4. The van der Waals surface area contributed by atoms with Crippen LogP contribution in [-0.4, -0.2) is 22.9 Å². The van der Waals surface area contributed by atoms with Crippen LogP contribution in [-0.2, 0) is 4.79 Å². The molecular formula is C20H29NO4. The first-order chi connectivity index (χ1) is 11.7. The third-order valence-corrected chi connectivity index (χ3v) is 4.86. The lowest BCUT2D eigenvalue weighted by molar-refractivity contribution is -0.139. The molecule has 0 radical (unpaired) electrons. The first kappa shape index (κ1) is 19.4. The predicted octanol–water partition coefficient (Wildman–Crippen LogP) is 3.82. The smallest absolute Gasteiger partial charge is 0.314 e. The molecule has 1 saturated carbocycles. The van der Waals surface area contributed by atoms with Crippen LogP contribution in [0.1, 0.15) is 69.7 Å². The van der Waals surface area contributed by atoms with Gasteiger partial charge in [-0.2, -0.15) is 0 Å². The molecule has 0 aromatic heterocycles. The highest BCUT2D eigenvalue weighted by Gasteiger charge is 2.29. The van der Waals surface area contributed by atoms with Crippen LogP contribution >= 0.6 is 0 Å². The zero-order chi connectivity index (χ0) is 18.6. The number of rotatable bonds is 4. The molecule has 1 unspecified atom stereocenters. The molecule has 1 aromatic carbocycles. The molecule has 0 bridgehead atoms. The van der Waals surface area contributed by atoms with Crippen molar-refractivity contribution in [2.24, 2.45) is 17.1 Å². The van der Waals surface area contributed by atoms with Crippen molar-refractivity contribution < 1.29 is 19.4 Å². The third kappa shape index (κ3) is 5.05. The van der Waals surface area contributed by atoms with E-state index in [0.29, 0.717) is 5.56 Å². The Bertz CT molecular complexity index is 625. The van der Waals surface area contributed by atoms with Gasteiger partial charge in [0.1, 0.15) is 0 Å². The molecule has 0 amide bonds. The molecule has 1 aliphatic carbocycles. The maximum absolute atomic E-state index is 12.4. The van der Waals surface area contributed by atoms with Crippen LogP contribution < -0.4 is 10.5 Å². The summed E-state index contributed by atoms with van der Waals surface area (Å²) in [5.41, 5.74) is 5.93.